The molecule has 0 atom stereocenters. The summed E-state index contributed by atoms with van der Waals surface area (Å²) in [5, 5.41) is 0. The third-order valence-corrected chi connectivity index (χ3v) is 2.43. The molecule has 0 amide bonds. The van der Waals surface area contributed by atoms with Crippen LogP contribution in [0.25, 0.3) is 0 Å². The summed E-state index contributed by atoms with van der Waals surface area (Å²) in [6.07, 6.45) is 0.622. The van der Waals surface area contributed by atoms with E-state index in [1.165, 1.54) is 4.91 Å². The fraction of sp³-hybridized carbons (Fsp3) is 0.571. The zero-order valence-electron chi connectivity index (χ0n) is 5.52. The lowest BCUT2D eigenvalue weighted by molar-refractivity contribution is 0.229. The van der Waals surface area contributed by atoms with Crippen LogP contribution in [-0.4, -0.2) is 12.4 Å². The Morgan fingerprint density at radius 1 is 1.78 bits per heavy atom. The van der Waals surface area contributed by atoms with Crippen molar-refractivity contribution in [3.63, 3.8) is 0 Å². The van der Waals surface area contributed by atoms with Crippen molar-refractivity contribution in [2.45, 2.75) is 13.3 Å². The topological polar surface area (TPSA) is 9.23 Å². The van der Waals surface area contributed by atoms with Gasteiger partial charge in [-0.2, -0.15) is 0 Å². The molecule has 1 nitrogen and oxygen atoms in total. The van der Waals surface area contributed by atoms with Crippen LogP contribution in [0.2, 0.25) is 0 Å². The van der Waals surface area contributed by atoms with Gasteiger partial charge in [0.25, 0.3) is 0 Å². The first kappa shape index (κ1) is 7.00. The summed E-state index contributed by atoms with van der Waals surface area (Å²) >= 11 is 1.80. The Morgan fingerprint density at radius 2 is 2.56 bits per heavy atom. The van der Waals surface area contributed by atoms with Crippen LogP contribution < -0.4 is 0 Å². The van der Waals surface area contributed by atoms with E-state index in [1.54, 1.807) is 11.8 Å². The number of thioether (sulfide) groups is 1. The van der Waals surface area contributed by atoms with Crippen molar-refractivity contribution in [2.24, 2.45) is 0 Å². The summed E-state index contributed by atoms with van der Waals surface area (Å²) in [7, 11) is 0. The SMILES string of the molecule is [CH]CC1=C(C)OCCS1. The van der Waals surface area contributed by atoms with Crippen LogP contribution >= 0.6 is 11.8 Å². The molecule has 2 radical (unpaired) electrons. The Bertz CT molecular complexity index is 129. The van der Waals surface area contributed by atoms with Crippen LogP contribution in [0.3, 0.4) is 0 Å². The largest absolute Gasteiger partial charge is 0.497 e. The monoisotopic (exact) mass is 142 g/mol. The fourth-order valence-electron chi connectivity index (χ4n) is 0.744. The molecule has 2 heteroatoms. The lowest BCUT2D eigenvalue weighted by atomic mass is 10.4. The fourth-order valence-corrected chi connectivity index (χ4v) is 1.54. The van der Waals surface area contributed by atoms with Gasteiger partial charge < -0.3 is 4.74 Å². The molecule has 1 rings (SSSR count). The molecule has 1 heterocycles. The number of hydrogen-bond acceptors (Lipinski definition) is 2. The molecule has 0 unspecified atom stereocenters. The summed E-state index contributed by atoms with van der Waals surface area (Å²) in [5.41, 5.74) is 0. The number of allylic oxidation sites excluding steroid dienone is 2. The lowest BCUT2D eigenvalue weighted by Crippen LogP contribution is -2.03. The minimum Gasteiger partial charge on any atom is -0.497 e. The standard InChI is InChI=1S/C7H10OS/c1-3-7-6(2)8-4-5-9-7/h1H,3-5H2,2H3. The summed E-state index contributed by atoms with van der Waals surface area (Å²) in [6.45, 7) is 8.23. The maximum atomic E-state index is 5.43. The number of hydrogen-bond donors (Lipinski definition) is 0. The molecule has 0 fully saturated rings. The molecule has 0 saturated heterocycles. The number of rotatable bonds is 1. The smallest absolute Gasteiger partial charge is 0.102 e. The second kappa shape index (κ2) is 3.16. The van der Waals surface area contributed by atoms with E-state index in [4.69, 9.17) is 11.7 Å². The van der Waals surface area contributed by atoms with E-state index in [2.05, 4.69) is 0 Å². The van der Waals surface area contributed by atoms with E-state index >= 15 is 0 Å². The minimum absolute atomic E-state index is 0.622. The molecule has 0 saturated carbocycles. The van der Waals surface area contributed by atoms with Crippen molar-refractivity contribution >= 4 is 11.8 Å². The Hall–Kier alpha value is -0.110. The molecule has 1 aliphatic rings. The van der Waals surface area contributed by atoms with Gasteiger partial charge in [0, 0.05) is 10.7 Å². The van der Waals surface area contributed by atoms with Gasteiger partial charge in [0.2, 0.25) is 0 Å². The van der Waals surface area contributed by atoms with E-state index in [0.29, 0.717) is 6.42 Å². The summed E-state index contributed by atoms with van der Waals surface area (Å²) in [5.74, 6) is 2.05. The first-order valence-corrected chi connectivity index (χ1v) is 3.98. The van der Waals surface area contributed by atoms with E-state index in [9.17, 15) is 0 Å². The van der Waals surface area contributed by atoms with Gasteiger partial charge in [0.05, 0.1) is 6.61 Å². The highest BCUT2D eigenvalue weighted by atomic mass is 32.2. The second-order valence-corrected chi connectivity index (χ2v) is 3.07. The second-order valence-electron chi connectivity index (χ2n) is 1.88. The molecule has 0 aliphatic carbocycles. The van der Waals surface area contributed by atoms with Crippen LogP contribution in [0.15, 0.2) is 10.7 Å². The van der Waals surface area contributed by atoms with Crippen LogP contribution in [0, 0.1) is 6.92 Å². The average Bonchev–Trinajstić information content (AvgIpc) is 1.89. The van der Waals surface area contributed by atoms with Gasteiger partial charge >= 0.3 is 0 Å². The van der Waals surface area contributed by atoms with Crippen LogP contribution in [0.5, 0.6) is 0 Å². The predicted octanol–water partition coefficient (Wildman–Crippen LogP) is 2.08. The molecule has 50 valence electrons. The van der Waals surface area contributed by atoms with Crippen molar-refractivity contribution in [3.05, 3.63) is 17.6 Å². The first-order chi connectivity index (χ1) is 4.34. The molecule has 9 heavy (non-hydrogen) atoms. The quantitative estimate of drug-likeness (QED) is 0.554. The van der Waals surface area contributed by atoms with Crippen molar-refractivity contribution < 1.29 is 4.74 Å². The average molecular weight is 142 g/mol. The molecular formula is C7H10OS. The molecule has 0 aromatic rings. The molecule has 0 spiro atoms. The first-order valence-electron chi connectivity index (χ1n) is 3.00. The molecule has 0 aromatic carbocycles. The van der Waals surface area contributed by atoms with Gasteiger partial charge in [0.1, 0.15) is 5.76 Å². The molecule has 1 aliphatic heterocycles. The Kier molecular flexibility index (Phi) is 2.46. The molecule has 0 aromatic heterocycles. The van der Waals surface area contributed by atoms with Gasteiger partial charge in [0.15, 0.2) is 0 Å². The van der Waals surface area contributed by atoms with Crippen LogP contribution in [0.4, 0.5) is 0 Å². The zero-order chi connectivity index (χ0) is 6.69. The predicted molar refractivity (Wildman–Crippen MR) is 40.0 cm³/mol. The highest BCUT2D eigenvalue weighted by Crippen LogP contribution is 2.27. The van der Waals surface area contributed by atoms with Gasteiger partial charge in [-0.1, -0.05) is 0 Å². The highest BCUT2D eigenvalue weighted by Gasteiger charge is 2.07. The van der Waals surface area contributed by atoms with Crippen molar-refractivity contribution in [2.75, 3.05) is 12.4 Å². The Morgan fingerprint density at radius 3 is 3.00 bits per heavy atom. The third kappa shape index (κ3) is 1.65. The lowest BCUT2D eigenvalue weighted by Gasteiger charge is -2.16. The van der Waals surface area contributed by atoms with Crippen LogP contribution in [0.1, 0.15) is 13.3 Å². The van der Waals surface area contributed by atoms with Gasteiger partial charge in [-0.05, 0) is 20.3 Å². The zero-order valence-corrected chi connectivity index (χ0v) is 6.33. The molecular weight excluding hydrogens is 132 g/mol. The van der Waals surface area contributed by atoms with Gasteiger partial charge in [-0.25, -0.2) is 0 Å². The number of ether oxygens (including phenoxy) is 1. The van der Waals surface area contributed by atoms with E-state index < -0.39 is 0 Å². The van der Waals surface area contributed by atoms with Gasteiger partial charge in [-0.3, -0.25) is 0 Å². The van der Waals surface area contributed by atoms with E-state index in [-0.39, 0.29) is 0 Å². The normalized spacial score (nSPS) is 19.8. The van der Waals surface area contributed by atoms with Gasteiger partial charge in [-0.15, -0.1) is 11.8 Å². The minimum atomic E-state index is 0.622. The third-order valence-electron chi connectivity index (χ3n) is 1.26. The van der Waals surface area contributed by atoms with Crippen LogP contribution in [-0.2, 0) is 4.74 Å². The van der Waals surface area contributed by atoms with Crippen molar-refractivity contribution in [1.29, 1.82) is 0 Å². The Labute approximate surface area is 60.5 Å². The maximum absolute atomic E-state index is 5.43. The highest BCUT2D eigenvalue weighted by molar-refractivity contribution is 8.03. The summed E-state index contributed by atoms with van der Waals surface area (Å²) in [6, 6.07) is 0. The molecule has 0 N–H and O–H groups in total. The van der Waals surface area contributed by atoms with Crippen molar-refractivity contribution in [1.82, 2.24) is 0 Å². The van der Waals surface area contributed by atoms with E-state index in [1.807, 2.05) is 6.92 Å². The van der Waals surface area contributed by atoms with E-state index in [0.717, 1.165) is 18.1 Å². The summed E-state index contributed by atoms with van der Waals surface area (Å²) in [4.78, 5) is 1.20. The maximum Gasteiger partial charge on any atom is 0.102 e. The Balaban J connectivity index is 2.59. The summed E-state index contributed by atoms with van der Waals surface area (Å²) < 4.78 is 5.26. The molecule has 0 bridgehead atoms. The van der Waals surface area contributed by atoms with Crippen molar-refractivity contribution in [3.8, 4) is 0 Å².